The maximum Gasteiger partial charge on any atom is 0.251 e. The van der Waals surface area contributed by atoms with E-state index in [-0.39, 0.29) is 11.8 Å². The fourth-order valence-electron chi connectivity index (χ4n) is 1.78. The molecule has 2 atom stereocenters. The van der Waals surface area contributed by atoms with Crippen LogP contribution in [0.4, 0.5) is 0 Å². The summed E-state index contributed by atoms with van der Waals surface area (Å²) in [7, 11) is 0. The Morgan fingerprint density at radius 1 is 1.00 bits per heavy atom. The zero-order valence-corrected chi connectivity index (χ0v) is 12.4. The lowest BCUT2D eigenvalue weighted by molar-refractivity contribution is -0.129. The molecule has 0 aliphatic carbocycles. The maximum absolute atomic E-state index is 12.0. The van der Waals surface area contributed by atoms with Crippen LogP contribution in [0.2, 0.25) is 0 Å². The predicted octanol–water partition coefficient (Wildman–Crippen LogP) is 0.431. The Morgan fingerprint density at radius 2 is 1.57 bits per heavy atom. The van der Waals surface area contributed by atoms with Gasteiger partial charge in [0.15, 0.2) is 0 Å². The summed E-state index contributed by atoms with van der Waals surface area (Å²) in [5.41, 5.74) is 5.70. The van der Waals surface area contributed by atoms with Gasteiger partial charge in [-0.25, -0.2) is 0 Å². The first kappa shape index (κ1) is 16.7. The Balaban J connectivity index is 2.63. The van der Waals surface area contributed by atoms with Crippen LogP contribution in [0.3, 0.4) is 0 Å². The summed E-state index contributed by atoms with van der Waals surface area (Å²) >= 11 is 0. The molecule has 0 spiro atoms. The molecule has 21 heavy (non-hydrogen) atoms. The zero-order chi connectivity index (χ0) is 16.0. The van der Waals surface area contributed by atoms with Crippen LogP contribution in [0.25, 0.3) is 0 Å². The first-order valence-electron chi connectivity index (χ1n) is 6.78. The summed E-state index contributed by atoms with van der Waals surface area (Å²) in [5.74, 6) is -1.52. The molecule has 0 unspecified atom stereocenters. The number of carbonyl (C=O) groups excluding carboxylic acids is 3. The molecule has 4 N–H and O–H groups in total. The van der Waals surface area contributed by atoms with Gasteiger partial charge in [0, 0.05) is 5.56 Å². The van der Waals surface area contributed by atoms with E-state index in [1.54, 1.807) is 51.1 Å². The van der Waals surface area contributed by atoms with Crippen LogP contribution in [0.1, 0.15) is 31.1 Å². The molecule has 1 rings (SSSR count). The van der Waals surface area contributed by atoms with Crippen molar-refractivity contribution in [3.63, 3.8) is 0 Å². The minimum Gasteiger partial charge on any atom is -0.368 e. The molecule has 0 saturated heterocycles. The molecule has 1 aromatic rings. The summed E-state index contributed by atoms with van der Waals surface area (Å²) < 4.78 is 0. The molecule has 114 valence electrons. The second-order valence-corrected chi connectivity index (χ2v) is 5.19. The fraction of sp³-hybridized carbons (Fsp3) is 0.400. The van der Waals surface area contributed by atoms with E-state index in [4.69, 9.17) is 5.73 Å². The minimum atomic E-state index is -0.765. The molecule has 6 nitrogen and oxygen atoms in total. The zero-order valence-electron chi connectivity index (χ0n) is 12.4. The van der Waals surface area contributed by atoms with E-state index in [1.807, 2.05) is 0 Å². The molecule has 0 saturated carbocycles. The van der Waals surface area contributed by atoms with Crippen molar-refractivity contribution in [1.82, 2.24) is 10.6 Å². The SMILES string of the molecule is CC(C)[C@H](NC(=O)[C@H](C)NC(=O)c1ccccc1)C(N)=O. The number of carbonyl (C=O) groups is 3. The number of primary amides is 1. The fourth-order valence-corrected chi connectivity index (χ4v) is 1.78. The summed E-state index contributed by atoms with van der Waals surface area (Å²) in [4.78, 5) is 35.2. The van der Waals surface area contributed by atoms with E-state index in [0.29, 0.717) is 5.56 Å². The molecule has 0 bridgehead atoms. The first-order chi connectivity index (χ1) is 9.82. The highest BCUT2D eigenvalue weighted by Gasteiger charge is 2.25. The first-order valence-corrected chi connectivity index (χ1v) is 6.78. The van der Waals surface area contributed by atoms with Gasteiger partial charge in [-0.15, -0.1) is 0 Å². The van der Waals surface area contributed by atoms with E-state index in [2.05, 4.69) is 10.6 Å². The third-order valence-corrected chi connectivity index (χ3v) is 3.05. The number of nitrogens with one attached hydrogen (secondary N) is 2. The van der Waals surface area contributed by atoms with Gasteiger partial charge in [-0.3, -0.25) is 14.4 Å². The third-order valence-electron chi connectivity index (χ3n) is 3.05. The summed E-state index contributed by atoms with van der Waals surface area (Å²) in [5, 5.41) is 5.12. The number of hydrogen-bond acceptors (Lipinski definition) is 3. The Hall–Kier alpha value is -2.37. The van der Waals surface area contributed by atoms with Gasteiger partial charge in [-0.2, -0.15) is 0 Å². The third kappa shape index (κ3) is 4.91. The topological polar surface area (TPSA) is 101 Å². The van der Waals surface area contributed by atoms with Gasteiger partial charge in [0.2, 0.25) is 11.8 Å². The van der Waals surface area contributed by atoms with E-state index in [1.165, 1.54) is 0 Å². The van der Waals surface area contributed by atoms with Crippen LogP contribution < -0.4 is 16.4 Å². The normalized spacial score (nSPS) is 13.3. The molecular formula is C15H21N3O3. The van der Waals surface area contributed by atoms with Crippen molar-refractivity contribution >= 4 is 17.7 Å². The van der Waals surface area contributed by atoms with Gasteiger partial charge in [0.1, 0.15) is 12.1 Å². The van der Waals surface area contributed by atoms with Crippen molar-refractivity contribution in [2.75, 3.05) is 0 Å². The lowest BCUT2D eigenvalue weighted by atomic mass is 10.0. The molecular weight excluding hydrogens is 270 g/mol. The van der Waals surface area contributed by atoms with Crippen LogP contribution in [0.15, 0.2) is 30.3 Å². The number of benzene rings is 1. The highest BCUT2D eigenvalue weighted by atomic mass is 16.2. The summed E-state index contributed by atoms with van der Waals surface area (Å²) in [6.07, 6.45) is 0. The smallest absolute Gasteiger partial charge is 0.251 e. The van der Waals surface area contributed by atoms with E-state index in [9.17, 15) is 14.4 Å². The molecule has 6 heteroatoms. The van der Waals surface area contributed by atoms with Crippen LogP contribution in [0.5, 0.6) is 0 Å². The quantitative estimate of drug-likeness (QED) is 0.708. The Morgan fingerprint density at radius 3 is 2.05 bits per heavy atom. The van der Waals surface area contributed by atoms with Crippen molar-refractivity contribution < 1.29 is 14.4 Å². The molecule has 0 heterocycles. The molecule has 3 amide bonds. The Kier molecular flexibility index (Phi) is 5.90. The maximum atomic E-state index is 12.0. The Labute approximate surface area is 124 Å². The highest BCUT2D eigenvalue weighted by Crippen LogP contribution is 2.02. The number of nitrogens with two attached hydrogens (primary N) is 1. The number of rotatable bonds is 6. The lowest BCUT2D eigenvalue weighted by Gasteiger charge is -2.21. The average Bonchev–Trinajstić information content (AvgIpc) is 2.44. The van der Waals surface area contributed by atoms with E-state index in [0.717, 1.165) is 0 Å². The largest absolute Gasteiger partial charge is 0.368 e. The van der Waals surface area contributed by atoms with Crippen molar-refractivity contribution in [2.45, 2.75) is 32.9 Å². The summed E-state index contributed by atoms with van der Waals surface area (Å²) in [6.45, 7) is 5.11. The Bertz CT molecular complexity index is 514. The van der Waals surface area contributed by atoms with Crippen molar-refractivity contribution in [3.8, 4) is 0 Å². The van der Waals surface area contributed by atoms with Crippen molar-refractivity contribution in [1.29, 1.82) is 0 Å². The van der Waals surface area contributed by atoms with E-state index >= 15 is 0 Å². The van der Waals surface area contributed by atoms with Gasteiger partial charge in [-0.1, -0.05) is 32.0 Å². The van der Waals surface area contributed by atoms with Gasteiger partial charge in [0.05, 0.1) is 0 Å². The number of amides is 3. The van der Waals surface area contributed by atoms with Gasteiger partial charge >= 0.3 is 0 Å². The minimum absolute atomic E-state index is 0.122. The van der Waals surface area contributed by atoms with Crippen molar-refractivity contribution in [2.24, 2.45) is 11.7 Å². The standard InChI is InChI=1S/C15H21N3O3/c1-9(2)12(13(16)19)18-14(20)10(3)17-15(21)11-7-5-4-6-8-11/h4-10,12H,1-3H3,(H2,16,19)(H,17,21)(H,18,20)/t10-,12-/m0/s1. The average molecular weight is 291 g/mol. The second kappa shape index (κ2) is 7.42. The van der Waals surface area contributed by atoms with Gasteiger partial charge < -0.3 is 16.4 Å². The van der Waals surface area contributed by atoms with Crippen LogP contribution >= 0.6 is 0 Å². The monoisotopic (exact) mass is 291 g/mol. The molecule has 0 aliphatic rings. The molecule has 0 radical (unpaired) electrons. The van der Waals surface area contributed by atoms with Crippen LogP contribution in [-0.4, -0.2) is 29.8 Å². The van der Waals surface area contributed by atoms with Crippen LogP contribution in [-0.2, 0) is 9.59 Å². The van der Waals surface area contributed by atoms with Gasteiger partial charge in [0.25, 0.3) is 5.91 Å². The van der Waals surface area contributed by atoms with Crippen molar-refractivity contribution in [3.05, 3.63) is 35.9 Å². The number of hydrogen-bond donors (Lipinski definition) is 3. The van der Waals surface area contributed by atoms with E-state index < -0.39 is 23.9 Å². The summed E-state index contributed by atoms with van der Waals surface area (Å²) in [6, 6.07) is 7.06. The van der Waals surface area contributed by atoms with Crippen LogP contribution in [0, 0.1) is 5.92 Å². The molecule has 0 fully saturated rings. The second-order valence-electron chi connectivity index (χ2n) is 5.19. The van der Waals surface area contributed by atoms with Gasteiger partial charge in [-0.05, 0) is 25.0 Å². The highest BCUT2D eigenvalue weighted by molar-refractivity contribution is 5.98. The predicted molar refractivity (Wildman–Crippen MR) is 79.3 cm³/mol. The lowest BCUT2D eigenvalue weighted by Crippen LogP contribution is -2.53. The molecule has 1 aromatic carbocycles. The molecule has 0 aromatic heterocycles. The molecule has 0 aliphatic heterocycles.